The second-order valence-corrected chi connectivity index (χ2v) is 2.61. The molecule has 0 spiro atoms. The molecule has 4 nitrogen and oxygen atoms in total. The third-order valence-corrected chi connectivity index (χ3v) is 0.963. The lowest BCUT2D eigenvalue weighted by Crippen LogP contribution is -1.94. The minimum absolute atomic E-state index is 0.0696. The van der Waals surface area contributed by atoms with E-state index in [-0.39, 0.29) is 13.2 Å². The maximum absolute atomic E-state index is 9.95. The van der Waals surface area contributed by atoms with Crippen LogP contribution in [0.3, 0.4) is 0 Å². The smallest absolute Gasteiger partial charge is 0.335 e. The Labute approximate surface area is 65.3 Å². The van der Waals surface area contributed by atoms with Crippen molar-refractivity contribution in [3.8, 4) is 23.5 Å². The van der Waals surface area contributed by atoms with Crippen molar-refractivity contribution >= 4 is 10.1 Å². The molecule has 0 saturated carbocycles. The molecule has 1 N–H and O–H groups in total. The van der Waals surface area contributed by atoms with E-state index >= 15 is 0 Å². The summed E-state index contributed by atoms with van der Waals surface area (Å²) in [7, 11) is -4.20. The zero-order valence-corrected chi connectivity index (χ0v) is 6.39. The van der Waals surface area contributed by atoms with Crippen LogP contribution < -0.4 is 0 Å². The summed E-state index contributed by atoms with van der Waals surface area (Å²) in [4.78, 5) is 0. The van der Waals surface area contributed by atoms with Gasteiger partial charge in [-0.05, 0) is 0 Å². The van der Waals surface area contributed by atoms with Crippen LogP contribution in [0.25, 0.3) is 0 Å². The summed E-state index contributed by atoms with van der Waals surface area (Å²) in [6, 6.07) is 0. The number of hydrogen-bond donors (Lipinski definition) is 1. The first-order valence-corrected chi connectivity index (χ1v) is 3.98. The molecular formula is C6H6O4S. The van der Waals surface area contributed by atoms with Gasteiger partial charge in [0.2, 0.25) is 0 Å². The van der Waals surface area contributed by atoms with Gasteiger partial charge in [-0.1, -0.05) is 11.8 Å². The Bertz CT molecular complexity index is 298. The fourth-order valence-electron chi connectivity index (χ4n) is 0.282. The molecule has 0 rings (SSSR count). The van der Waals surface area contributed by atoms with Crippen LogP contribution in [0.2, 0.25) is 0 Å². The summed E-state index contributed by atoms with van der Waals surface area (Å²) >= 11 is 0. The molecule has 0 aliphatic heterocycles. The molecule has 0 heterocycles. The monoisotopic (exact) mass is 174 g/mol. The van der Waals surface area contributed by atoms with Gasteiger partial charge in [0, 0.05) is 0 Å². The number of hydrogen-bond acceptors (Lipinski definition) is 3. The van der Waals surface area contributed by atoms with Crippen LogP contribution in [-0.2, 0) is 14.9 Å². The summed E-state index contributed by atoms with van der Waals surface area (Å²) < 4.78 is 32.6. The molecule has 0 amide bonds. The van der Waals surface area contributed by atoms with Gasteiger partial charge in [0.1, 0.15) is 13.2 Å². The molecule has 0 aliphatic carbocycles. The Morgan fingerprint density at radius 3 is 2.55 bits per heavy atom. The number of rotatable bonds is 2. The van der Waals surface area contributed by atoms with E-state index in [4.69, 9.17) is 11.0 Å². The lowest BCUT2D eigenvalue weighted by Gasteiger charge is -1.87. The van der Waals surface area contributed by atoms with Gasteiger partial charge >= 0.3 is 10.1 Å². The lowest BCUT2D eigenvalue weighted by molar-refractivity contribution is 0.205. The summed E-state index contributed by atoms with van der Waals surface area (Å²) in [5.41, 5.74) is 0. The van der Waals surface area contributed by atoms with Crippen LogP contribution in [0.15, 0.2) is 0 Å². The average Bonchev–Trinajstić information content (AvgIpc) is 1.85. The first kappa shape index (κ1) is 9.99. The fraction of sp³-hybridized carbons (Fsp3) is 0.333. The summed E-state index contributed by atoms with van der Waals surface area (Å²) in [5, 5.41) is 1.56. The molecule has 11 heavy (non-hydrogen) atoms. The second-order valence-electron chi connectivity index (χ2n) is 1.45. The van der Waals surface area contributed by atoms with Gasteiger partial charge in [0.25, 0.3) is 0 Å². The summed E-state index contributed by atoms with van der Waals surface area (Å²) in [6.45, 7) is -0.0376. The first-order valence-electron chi connectivity index (χ1n) is 2.54. The highest BCUT2D eigenvalue weighted by Crippen LogP contribution is 1.75. The van der Waals surface area contributed by atoms with Crippen molar-refractivity contribution < 1.29 is 17.7 Å². The van der Waals surface area contributed by atoms with Crippen molar-refractivity contribution in [1.82, 2.24) is 0 Å². The van der Waals surface area contributed by atoms with Gasteiger partial charge in [-0.2, -0.15) is 8.42 Å². The van der Waals surface area contributed by atoms with Crippen LogP contribution in [0, 0.1) is 23.5 Å². The van der Waals surface area contributed by atoms with Crippen LogP contribution in [0.5, 0.6) is 0 Å². The van der Waals surface area contributed by atoms with E-state index in [1.165, 1.54) is 0 Å². The van der Waals surface area contributed by atoms with Gasteiger partial charge in [-0.15, -0.1) is 6.42 Å². The molecule has 0 aliphatic rings. The van der Waals surface area contributed by atoms with Crippen molar-refractivity contribution in [2.75, 3.05) is 13.2 Å². The van der Waals surface area contributed by atoms with Crippen molar-refractivity contribution in [3.05, 3.63) is 0 Å². The lowest BCUT2D eigenvalue weighted by atomic mass is 10.7. The van der Waals surface area contributed by atoms with Crippen LogP contribution >= 0.6 is 0 Å². The topological polar surface area (TPSA) is 63.6 Å². The second kappa shape index (κ2) is 4.75. The summed E-state index contributed by atoms with van der Waals surface area (Å²) in [6.07, 6.45) is 4.81. The third kappa shape index (κ3) is 8.99. The van der Waals surface area contributed by atoms with E-state index in [0.29, 0.717) is 0 Å². The Hall–Kier alpha value is -1.01. The Morgan fingerprint density at radius 1 is 1.45 bits per heavy atom. The number of ether oxygens (including phenoxy) is 1. The zero-order valence-electron chi connectivity index (χ0n) is 5.57. The Morgan fingerprint density at radius 2 is 2.09 bits per heavy atom. The first-order chi connectivity index (χ1) is 5.06. The molecule has 0 atom stereocenters. The average molecular weight is 174 g/mol. The standard InChI is InChI=1S/C6H6O4S/c1-2-4-10-5-3-6-11(7,8)9/h1H,4-5H2,(H,7,8,9). The highest BCUT2D eigenvalue weighted by molar-refractivity contribution is 7.90. The van der Waals surface area contributed by atoms with E-state index in [0.717, 1.165) is 0 Å². The van der Waals surface area contributed by atoms with Gasteiger partial charge in [-0.3, -0.25) is 4.55 Å². The highest BCUT2D eigenvalue weighted by Gasteiger charge is 1.92. The minimum atomic E-state index is -4.20. The van der Waals surface area contributed by atoms with Crippen molar-refractivity contribution in [2.24, 2.45) is 0 Å². The van der Waals surface area contributed by atoms with E-state index in [1.807, 2.05) is 0 Å². The molecule has 0 unspecified atom stereocenters. The molecule has 0 saturated heterocycles. The molecule has 0 fully saturated rings. The van der Waals surface area contributed by atoms with Crippen LogP contribution in [-0.4, -0.2) is 26.2 Å². The minimum Gasteiger partial charge on any atom is -0.356 e. The van der Waals surface area contributed by atoms with E-state index in [1.54, 1.807) is 5.25 Å². The SMILES string of the molecule is C#CCOCC#CS(=O)(=O)O. The molecule has 0 bridgehead atoms. The van der Waals surface area contributed by atoms with Gasteiger partial charge in [-0.25, -0.2) is 0 Å². The fourth-order valence-corrected chi connectivity index (χ4v) is 0.523. The molecule has 0 radical (unpaired) electrons. The van der Waals surface area contributed by atoms with E-state index < -0.39 is 10.1 Å². The van der Waals surface area contributed by atoms with Gasteiger partial charge < -0.3 is 4.74 Å². The normalized spacial score (nSPS) is 9.45. The Balaban J connectivity index is 3.69. The predicted octanol–water partition coefficient (Wildman–Crippen LogP) is -0.515. The molecule has 0 aromatic carbocycles. The molecule has 0 aromatic rings. The molecule has 60 valence electrons. The molecule has 5 heteroatoms. The maximum Gasteiger partial charge on any atom is 0.335 e. The van der Waals surface area contributed by atoms with Gasteiger partial charge in [0.05, 0.1) is 5.25 Å². The summed E-state index contributed by atoms with van der Waals surface area (Å²) in [5.74, 6) is 4.22. The van der Waals surface area contributed by atoms with Crippen molar-refractivity contribution in [2.45, 2.75) is 0 Å². The Kier molecular flexibility index (Phi) is 4.32. The van der Waals surface area contributed by atoms with Crippen molar-refractivity contribution in [3.63, 3.8) is 0 Å². The molecular weight excluding hydrogens is 168 g/mol. The zero-order chi connectivity index (χ0) is 8.74. The molecule has 0 aromatic heterocycles. The van der Waals surface area contributed by atoms with E-state index in [9.17, 15) is 8.42 Å². The number of terminal acetylenes is 1. The quantitative estimate of drug-likeness (QED) is 0.348. The third-order valence-electron chi connectivity index (χ3n) is 0.561. The van der Waals surface area contributed by atoms with Crippen molar-refractivity contribution in [1.29, 1.82) is 0 Å². The maximum atomic E-state index is 9.95. The highest BCUT2D eigenvalue weighted by atomic mass is 32.2. The van der Waals surface area contributed by atoms with E-state index in [2.05, 4.69) is 16.6 Å². The van der Waals surface area contributed by atoms with Crippen LogP contribution in [0.1, 0.15) is 0 Å². The van der Waals surface area contributed by atoms with Crippen LogP contribution in [0.4, 0.5) is 0 Å². The van der Waals surface area contributed by atoms with Gasteiger partial charge in [0.15, 0.2) is 0 Å². The predicted molar refractivity (Wildman–Crippen MR) is 39.0 cm³/mol. The largest absolute Gasteiger partial charge is 0.356 e.